The fourth-order valence-corrected chi connectivity index (χ4v) is 5.49. The molecule has 2 saturated heterocycles. The van der Waals surface area contributed by atoms with Gasteiger partial charge in [0.1, 0.15) is 5.75 Å². The molecule has 0 aromatic heterocycles. The summed E-state index contributed by atoms with van der Waals surface area (Å²) >= 11 is 0. The summed E-state index contributed by atoms with van der Waals surface area (Å²) in [4.78, 5) is 26.5. The molecule has 146 valence electrons. The number of phenols is 1. The molecule has 6 heteroatoms. The van der Waals surface area contributed by atoms with Gasteiger partial charge in [-0.05, 0) is 61.9 Å². The molecule has 1 aromatic carbocycles. The Morgan fingerprint density at radius 3 is 2.41 bits per heavy atom. The minimum atomic E-state index is -1.40. The van der Waals surface area contributed by atoms with Crippen LogP contribution in [0, 0.1) is 37.5 Å². The molecule has 4 rings (SSSR count). The van der Waals surface area contributed by atoms with Gasteiger partial charge in [0.15, 0.2) is 5.79 Å². The van der Waals surface area contributed by atoms with Gasteiger partial charge in [-0.25, -0.2) is 0 Å². The Morgan fingerprint density at radius 1 is 1.19 bits per heavy atom. The number of fused-ring (bicyclic) bond motifs is 3. The molecule has 0 radical (unpaired) electrons. The summed E-state index contributed by atoms with van der Waals surface area (Å²) in [5, 5.41) is 21.5. The van der Waals surface area contributed by atoms with Gasteiger partial charge in [0, 0.05) is 18.9 Å². The van der Waals surface area contributed by atoms with Crippen molar-refractivity contribution in [2.24, 2.45) is 23.7 Å². The first-order chi connectivity index (χ1) is 12.7. The van der Waals surface area contributed by atoms with Crippen LogP contribution in [0.3, 0.4) is 0 Å². The van der Waals surface area contributed by atoms with Crippen molar-refractivity contribution in [3.8, 4) is 5.75 Å². The van der Waals surface area contributed by atoms with E-state index >= 15 is 0 Å². The summed E-state index contributed by atoms with van der Waals surface area (Å²) in [6, 6.07) is 3.75. The zero-order valence-electron chi connectivity index (χ0n) is 16.2. The molecule has 0 spiro atoms. The number of imide groups is 1. The summed E-state index contributed by atoms with van der Waals surface area (Å²) in [6.45, 7) is 5.65. The van der Waals surface area contributed by atoms with Crippen LogP contribution < -0.4 is 0 Å². The number of aliphatic hydroxyl groups is 1. The van der Waals surface area contributed by atoms with Crippen molar-refractivity contribution in [1.29, 1.82) is 0 Å². The number of phenolic OH excluding ortho intramolecular Hbond substituents is 1. The minimum Gasteiger partial charge on any atom is -0.507 e. The van der Waals surface area contributed by atoms with Crippen LogP contribution in [-0.4, -0.2) is 39.8 Å². The van der Waals surface area contributed by atoms with Gasteiger partial charge >= 0.3 is 0 Å². The molecule has 6 atom stereocenters. The summed E-state index contributed by atoms with van der Waals surface area (Å²) in [5.74, 6) is -2.93. The number of aromatic hydroxyl groups is 1. The van der Waals surface area contributed by atoms with E-state index in [1.807, 2.05) is 32.9 Å². The summed E-state index contributed by atoms with van der Waals surface area (Å²) < 4.78 is 6.21. The number of nitrogens with zero attached hydrogens (tertiary/aromatic N) is 1. The second-order valence-electron chi connectivity index (χ2n) is 8.41. The van der Waals surface area contributed by atoms with Gasteiger partial charge in [0.05, 0.1) is 17.9 Å². The fourth-order valence-electron chi connectivity index (χ4n) is 5.49. The van der Waals surface area contributed by atoms with Gasteiger partial charge in [-0.3, -0.25) is 14.5 Å². The maximum absolute atomic E-state index is 12.7. The van der Waals surface area contributed by atoms with Gasteiger partial charge in [-0.1, -0.05) is 6.92 Å². The maximum atomic E-state index is 12.7. The monoisotopic (exact) mass is 373 g/mol. The third kappa shape index (κ3) is 2.46. The van der Waals surface area contributed by atoms with Crippen LogP contribution in [0.4, 0.5) is 0 Å². The lowest BCUT2D eigenvalue weighted by molar-refractivity contribution is -0.269. The zero-order valence-corrected chi connectivity index (χ0v) is 16.2. The highest BCUT2D eigenvalue weighted by Crippen LogP contribution is 2.58. The molecule has 0 bridgehead atoms. The zero-order chi connectivity index (χ0) is 19.7. The molecule has 3 fully saturated rings. The van der Waals surface area contributed by atoms with Crippen molar-refractivity contribution >= 4 is 11.8 Å². The number of amides is 2. The normalized spacial score (nSPS) is 38.3. The van der Waals surface area contributed by atoms with Crippen LogP contribution in [0.15, 0.2) is 12.1 Å². The van der Waals surface area contributed by atoms with Gasteiger partial charge in [-0.2, -0.15) is 0 Å². The first-order valence-corrected chi connectivity index (χ1v) is 9.70. The van der Waals surface area contributed by atoms with Crippen LogP contribution in [-0.2, 0) is 14.3 Å². The Morgan fingerprint density at radius 2 is 1.81 bits per heavy atom. The summed E-state index contributed by atoms with van der Waals surface area (Å²) in [7, 11) is 1.53. The van der Waals surface area contributed by atoms with Gasteiger partial charge < -0.3 is 14.9 Å². The molecule has 6 nitrogen and oxygen atoms in total. The number of carbonyl (C=O) groups excluding carboxylic acids is 2. The number of benzene rings is 1. The van der Waals surface area contributed by atoms with Crippen molar-refractivity contribution in [1.82, 2.24) is 4.90 Å². The first kappa shape index (κ1) is 18.4. The van der Waals surface area contributed by atoms with Gasteiger partial charge in [0.2, 0.25) is 11.8 Å². The average molecular weight is 373 g/mol. The molecule has 27 heavy (non-hydrogen) atoms. The van der Waals surface area contributed by atoms with Crippen LogP contribution in [0.5, 0.6) is 5.75 Å². The molecule has 1 aliphatic carbocycles. The third-order valence-corrected chi connectivity index (χ3v) is 6.96. The Kier molecular flexibility index (Phi) is 4.13. The molecule has 1 aromatic rings. The van der Waals surface area contributed by atoms with Crippen molar-refractivity contribution in [3.63, 3.8) is 0 Å². The lowest BCUT2D eigenvalue weighted by Crippen LogP contribution is -2.53. The highest BCUT2D eigenvalue weighted by Gasteiger charge is 2.65. The van der Waals surface area contributed by atoms with E-state index in [2.05, 4.69) is 0 Å². The second-order valence-corrected chi connectivity index (χ2v) is 8.41. The van der Waals surface area contributed by atoms with Gasteiger partial charge in [-0.15, -0.1) is 0 Å². The smallest absolute Gasteiger partial charge is 0.233 e. The molecule has 2 heterocycles. The van der Waals surface area contributed by atoms with Crippen LogP contribution in [0.2, 0.25) is 0 Å². The highest BCUT2D eigenvalue weighted by molar-refractivity contribution is 6.05. The van der Waals surface area contributed by atoms with E-state index in [9.17, 15) is 19.8 Å². The maximum Gasteiger partial charge on any atom is 0.233 e. The molecular weight excluding hydrogens is 346 g/mol. The number of likely N-dealkylation sites (tertiary alicyclic amines) is 1. The second kappa shape index (κ2) is 6.04. The third-order valence-electron chi connectivity index (χ3n) is 6.96. The number of ether oxygens (including phenoxy) is 1. The Labute approximate surface area is 159 Å². The number of rotatable bonds is 2. The quantitative estimate of drug-likeness (QED) is 0.778. The molecule has 0 unspecified atom stereocenters. The van der Waals surface area contributed by atoms with E-state index in [-0.39, 0.29) is 35.5 Å². The molecule has 2 amide bonds. The topological polar surface area (TPSA) is 87.1 Å². The molecule has 3 aliphatic rings. The molecule has 2 N–H and O–H groups in total. The minimum absolute atomic E-state index is 0.134. The first-order valence-electron chi connectivity index (χ1n) is 9.70. The fraction of sp³-hybridized carbons (Fsp3) is 0.619. The standard InChI is InChI=1S/C21H27NO5/c1-5-13-8-14-17(20(25)22(4)19(14)24)15-9-16(27-21(13,15)26)12-6-10(2)18(23)11(3)7-12/h6-7,13-17,23,26H,5,8-9H2,1-4H3/t13-,14-,15-,16-,17-,21+/m0/s1. The molecular formula is C21H27NO5. The SMILES string of the molecule is CC[C@H]1C[C@@H]2C(=O)N(C)C(=O)[C@@H]2[C@@H]2C[C@@H](c3cc(C)c(O)c(C)c3)O[C@]12O. The highest BCUT2D eigenvalue weighted by atomic mass is 16.6. The predicted octanol–water partition coefficient (Wildman–Crippen LogP) is 2.44. The van der Waals surface area contributed by atoms with E-state index in [0.29, 0.717) is 19.3 Å². The lowest BCUT2D eigenvalue weighted by atomic mass is 9.64. The van der Waals surface area contributed by atoms with Crippen molar-refractivity contribution in [3.05, 3.63) is 28.8 Å². The molecule has 2 aliphatic heterocycles. The largest absolute Gasteiger partial charge is 0.507 e. The van der Waals surface area contributed by atoms with E-state index < -0.39 is 17.6 Å². The Hall–Kier alpha value is -1.92. The van der Waals surface area contributed by atoms with E-state index in [4.69, 9.17) is 4.74 Å². The van der Waals surface area contributed by atoms with E-state index in [0.717, 1.165) is 16.7 Å². The van der Waals surface area contributed by atoms with Crippen LogP contribution >= 0.6 is 0 Å². The predicted molar refractivity (Wildman–Crippen MR) is 97.6 cm³/mol. The summed E-state index contributed by atoms with van der Waals surface area (Å²) in [5.41, 5.74) is 2.40. The Balaban J connectivity index is 1.73. The van der Waals surface area contributed by atoms with Crippen LogP contribution in [0.25, 0.3) is 0 Å². The number of hydrogen-bond donors (Lipinski definition) is 2. The van der Waals surface area contributed by atoms with Gasteiger partial charge in [0.25, 0.3) is 0 Å². The number of hydrogen-bond acceptors (Lipinski definition) is 5. The van der Waals surface area contributed by atoms with E-state index in [1.54, 1.807) is 0 Å². The van der Waals surface area contributed by atoms with Crippen molar-refractivity contribution < 1.29 is 24.5 Å². The van der Waals surface area contributed by atoms with Crippen molar-refractivity contribution in [2.45, 2.75) is 51.9 Å². The summed E-state index contributed by atoms with van der Waals surface area (Å²) in [6.07, 6.45) is 1.29. The number of carbonyl (C=O) groups is 2. The average Bonchev–Trinajstić information content (AvgIpc) is 3.09. The number of aryl methyl sites for hydroxylation is 2. The molecule has 1 saturated carbocycles. The van der Waals surface area contributed by atoms with E-state index in [1.165, 1.54) is 11.9 Å². The lowest BCUT2D eigenvalue weighted by Gasteiger charge is -2.44. The van der Waals surface area contributed by atoms with Crippen molar-refractivity contribution in [2.75, 3.05) is 7.05 Å². The van der Waals surface area contributed by atoms with Crippen LogP contribution in [0.1, 0.15) is 49.0 Å². The Bertz CT molecular complexity index is 798.